The van der Waals surface area contributed by atoms with Crippen molar-refractivity contribution in [1.29, 1.82) is 0 Å². The van der Waals surface area contributed by atoms with Gasteiger partial charge in [-0.1, -0.05) is 27.5 Å². The molecule has 4 nitrogen and oxygen atoms in total. The van der Waals surface area contributed by atoms with Crippen LogP contribution >= 0.6 is 27.5 Å². The van der Waals surface area contributed by atoms with Gasteiger partial charge in [-0.05, 0) is 89.8 Å². The molecule has 2 atom stereocenters. The van der Waals surface area contributed by atoms with Crippen LogP contribution < -0.4 is 15.5 Å². The molecule has 1 aromatic carbocycles. The first-order valence-corrected chi connectivity index (χ1v) is 13.7. The van der Waals surface area contributed by atoms with Crippen LogP contribution in [0.2, 0.25) is 0 Å². The van der Waals surface area contributed by atoms with Crippen LogP contribution in [0.3, 0.4) is 0 Å². The summed E-state index contributed by atoms with van der Waals surface area (Å²) in [6.45, 7) is 7.36. The number of phenolic OH excluding ortho intramolecular Hbond substituents is 1. The van der Waals surface area contributed by atoms with Crippen LogP contribution in [0.1, 0.15) is 36.8 Å². The van der Waals surface area contributed by atoms with Crippen LogP contribution in [0.4, 0.5) is 0 Å². The zero-order chi connectivity index (χ0) is 19.5. The van der Waals surface area contributed by atoms with Crippen molar-refractivity contribution < 1.29 is 10.0 Å². The van der Waals surface area contributed by atoms with Crippen LogP contribution in [0.5, 0.6) is 5.75 Å². The summed E-state index contributed by atoms with van der Waals surface area (Å²) in [5.74, 6) is 0.447. The maximum Gasteiger partial charge on any atom is 0.129 e. The molecule has 2 radical (unpaired) electrons. The molecular formula is C19H35BIN3OP+. The van der Waals surface area contributed by atoms with E-state index < -0.39 is 5.44 Å². The van der Waals surface area contributed by atoms with E-state index >= 15 is 0 Å². The van der Waals surface area contributed by atoms with E-state index in [0.717, 1.165) is 49.2 Å². The van der Waals surface area contributed by atoms with E-state index in [1.54, 1.807) is 4.90 Å². The SMILES string of the molecule is [B]P(I)c1cc(C)c(O)c(C[NH+](CCCCNC)CCCCN(C)C)c1. The molecule has 0 amide bonds. The average Bonchev–Trinajstić information content (AvgIpc) is 2.58. The molecular weight excluding hydrogens is 455 g/mol. The number of benzene rings is 1. The molecule has 146 valence electrons. The van der Waals surface area contributed by atoms with E-state index in [9.17, 15) is 5.11 Å². The molecule has 0 heterocycles. The van der Waals surface area contributed by atoms with Gasteiger partial charge in [-0.15, -0.1) is 0 Å². The topological polar surface area (TPSA) is 39.9 Å². The van der Waals surface area contributed by atoms with E-state index in [1.165, 1.54) is 25.7 Å². The fraction of sp³-hybridized carbons (Fsp3) is 0.684. The standard InChI is InChI=1S/C19H34BIN3OP/c1-16-13-18(26(20)21)14-17(19(16)25)15-24(11-6-5-9-22-2)12-8-7-10-23(3)4/h13-14,22,25H,5-12,15H2,1-4H3/p+1. The van der Waals surface area contributed by atoms with Gasteiger partial charge in [0.05, 0.1) is 13.1 Å². The minimum atomic E-state index is -0.666. The summed E-state index contributed by atoms with van der Waals surface area (Å²) in [4.78, 5) is 3.80. The molecule has 0 aromatic heterocycles. The zero-order valence-electron chi connectivity index (χ0n) is 16.8. The number of halogens is 1. The van der Waals surface area contributed by atoms with Crippen molar-refractivity contribution in [2.24, 2.45) is 0 Å². The quantitative estimate of drug-likeness (QED) is 0.172. The minimum absolute atomic E-state index is 0.447. The highest BCUT2D eigenvalue weighted by Gasteiger charge is 2.16. The number of hydrogen-bond donors (Lipinski definition) is 3. The number of quaternary nitrogens is 1. The Kier molecular flexibility index (Phi) is 12.4. The van der Waals surface area contributed by atoms with Crippen LogP contribution in [-0.4, -0.2) is 64.9 Å². The van der Waals surface area contributed by atoms with E-state index in [0.29, 0.717) is 5.75 Å². The Morgan fingerprint density at radius 2 is 1.85 bits per heavy atom. The summed E-state index contributed by atoms with van der Waals surface area (Å²) < 4.78 is 0. The molecule has 1 rings (SSSR count). The number of hydrogen-bond acceptors (Lipinski definition) is 3. The van der Waals surface area contributed by atoms with Crippen molar-refractivity contribution in [3.05, 3.63) is 23.3 Å². The third-order valence-electron chi connectivity index (χ3n) is 4.64. The van der Waals surface area contributed by atoms with Gasteiger partial charge in [-0.2, -0.15) is 0 Å². The third kappa shape index (κ3) is 9.36. The van der Waals surface area contributed by atoms with Crippen LogP contribution in [0.25, 0.3) is 0 Å². The molecule has 2 unspecified atom stereocenters. The molecule has 0 fully saturated rings. The highest BCUT2D eigenvalue weighted by molar-refractivity contribution is 14.2. The zero-order valence-corrected chi connectivity index (χ0v) is 19.9. The van der Waals surface area contributed by atoms with E-state index in [2.05, 4.69) is 52.4 Å². The molecule has 0 bridgehead atoms. The van der Waals surface area contributed by atoms with Gasteiger partial charge in [-0.3, -0.25) is 0 Å². The maximum atomic E-state index is 10.5. The molecule has 7 heteroatoms. The number of nitrogens with one attached hydrogen (secondary N) is 2. The van der Waals surface area contributed by atoms with Gasteiger partial charge in [0, 0.05) is 5.56 Å². The first-order chi connectivity index (χ1) is 12.3. The highest BCUT2D eigenvalue weighted by Crippen LogP contribution is 2.39. The number of aromatic hydroxyl groups is 1. The molecule has 0 saturated carbocycles. The lowest BCUT2D eigenvalue weighted by atomic mass is 10.1. The molecule has 0 aliphatic rings. The molecule has 1 aromatic rings. The smallest absolute Gasteiger partial charge is 0.129 e. The Hall–Kier alpha value is 0.125. The predicted molar refractivity (Wildman–Crippen MR) is 125 cm³/mol. The van der Waals surface area contributed by atoms with Gasteiger partial charge < -0.3 is 20.2 Å². The summed E-state index contributed by atoms with van der Waals surface area (Å²) in [5.41, 5.74) is 1.32. The van der Waals surface area contributed by atoms with Gasteiger partial charge >= 0.3 is 0 Å². The summed E-state index contributed by atoms with van der Waals surface area (Å²) in [6, 6.07) is 4.15. The Morgan fingerprint density at radius 1 is 1.19 bits per heavy atom. The van der Waals surface area contributed by atoms with E-state index in [-0.39, 0.29) is 0 Å². The van der Waals surface area contributed by atoms with Crippen molar-refractivity contribution in [2.45, 2.75) is 39.2 Å². The average molecular weight is 490 g/mol. The van der Waals surface area contributed by atoms with Crippen LogP contribution in [0.15, 0.2) is 12.1 Å². The second-order valence-electron chi connectivity index (χ2n) is 7.33. The number of rotatable bonds is 13. The van der Waals surface area contributed by atoms with Crippen molar-refractivity contribution in [2.75, 3.05) is 47.3 Å². The van der Waals surface area contributed by atoms with Crippen LogP contribution in [-0.2, 0) is 6.54 Å². The summed E-state index contributed by atoms with van der Waals surface area (Å²) >= 11 is 2.30. The van der Waals surface area contributed by atoms with Gasteiger partial charge in [-0.25, -0.2) is 0 Å². The second-order valence-corrected chi connectivity index (χ2v) is 11.6. The second kappa shape index (κ2) is 13.3. The fourth-order valence-electron chi connectivity index (χ4n) is 3.14. The van der Waals surface area contributed by atoms with Crippen molar-refractivity contribution in [3.63, 3.8) is 0 Å². The summed E-state index contributed by atoms with van der Waals surface area (Å²) in [5, 5.41) is 14.9. The van der Waals surface area contributed by atoms with Crippen molar-refractivity contribution in [1.82, 2.24) is 10.2 Å². The molecule has 26 heavy (non-hydrogen) atoms. The lowest BCUT2D eigenvalue weighted by Gasteiger charge is -2.22. The first kappa shape index (κ1) is 24.2. The first-order valence-electron chi connectivity index (χ1n) is 9.51. The Balaban J connectivity index is 2.75. The van der Waals surface area contributed by atoms with Crippen LogP contribution in [0, 0.1) is 6.92 Å². The third-order valence-corrected chi connectivity index (χ3v) is 7.07. The Labute approximate surface area is 175 Å². The molecule has 0 spiro atoms. The Morgan fingerprint density at radius 3 is 2.42 bits per heavy atom. The van der Waals surface area contributed by atoms with Crippen molar-refractivity contribution >= 4 is 40.4 Å². The lowest BCUT2D eigenvalue weighted by Crippen LogP contribution is -3.10. The summed E-state index contributed by atoms with van der Waals surface area (Å²) in [6.07, 6.45) is 4.85. The fourth-order valence-corrected chi connectivity index (χ4v) is 4.57. The number of aryl methyl sites for hydroxylation is 1. The van der Waals surface area contributed by atoms with Gasteiger partial charge in [0.2, 0.25) is 0 Å². The van der Waals surface area contributed by atoms with E-state index in [4.69, 9.17) is 7.57 Å². The minimum Gasteiger partial charge on any atom is -0.507 e. The van der Waals surface area contributed by atoms with Gasteiger partial charge in [0.15, 0.2) is 0 Å². The molecule has 3 N–H and O–H groups in total. The highest BCUT2D eigenvalue weighted by atomic mass is 127. The largest absolute Gasteiger partial charge is 0.507 e. The Bertz CT molecular complexity index is 532. The van der Waals surface area contributed by atoms with Gasteiger partial charge in [0.1, 0.15) is 19.9 Å². The number of unbranched alkanes of at least 4 members (excludes halogenated alkanes) is 2. The van der Waals surface area contributed by atoms with E-state index in [1.807, 2.05) is 20.0 Å². The normalized spacial score (nSPS) is 13.9. The lowest BCUT2D eigenvalue weighted by molar-refractivity contribution is -0.914. The molecule has 0 aliphatic heterocycles. The molecule has 0 saturated heterocycles. The number of phenols is 1. The monoisotopic (exact) mass is 490 g/mol. The van der Waals surface area contributed by atoms with Gasteiger partial charge in [0.25, 0.3) is 0 Å². The van der Waals surface area contributed by atoms with Crippen molar-refractivity contribution in [3.8, 4) is 5.75 Å². The summed E-state index contributed by atoms with van der Waals surface area (Å²) in [7, 11) is 12.4. The number of nitrogens with zero attached hydrogens (tertiary/aromatic N) is 1. The molecule has 0 aliphatic carbocycles. The maximum absolute atomic E-state index is 10.5. The predicted octanol–water partition coefficient (Wildman–Crippen LogP) is 1.97.